The molecule has 0 fully saturated rings. The molecule has 0 bridgehead atoms. The van der Waals surface area contributed by atoms with Gasteiger partial charge in [-0.2, -0.15) is 5.10 Å². The monoisotopic (exact) mass is 480 g/mol. The van der Waals surface area contributed by atoms with Crippen LogP contribution in [0.3, 0.4) is 0 Å². The predicted molar refractivity (Wildman–Crippen MR) is 142 cm³/mol. The van der Waals surface area contributed by atoms with E-state index in [0.29, 0.717) is 17.1 Å². The minimum absolute atomic E-state index is 0.0949. The largest absolute Gasteiger partial charge is 0.487 e. The number of carboxylic acids is 1. The molecule has 7 nitrogen and oxygen atoms in total. The molecule has 0 spiro atoms. The number of rotatable bonds is 8. The van der Waals surface area contributed by atoms with E-state index in [1.807, 2.05) is 22.9 Å². The van der Waals surface area contributed by atoms with Gasteiger partial charge >= 0.3 is 5.97 Å². The van der Waals surface area contributed by atoms with Crippen molar-refractivity contribution in [2.75, 3.05) is 5.73 Å². The van der Waals surface area contributed by atoms with Crippen LogP contribution in [0.1, 0.15) is 37.6 Å². The molecule has 0 saturated heterocycles. The van der Waals surface area contributed by atoms with Gasteiger partial charge in [0.15, 0.2) is 0 Å². The number of aromatic nitrogens is 3. The molecular formula is C29H28N4O3. The number of fused-ring (bicyclic) bond motifs is 2. The zero-order valence-corrected chi connectivity index (χ0v) is 20.3. The molecule has 0 aliphatic carbocycles. The summed E-state index contributed by atoms with van der Waals surface area (Å²) in [5, 5.41) is 17.1. The van der Waals surface area contributed by atoms with Crippen molar-refractivity contribution in [3.63, 3.8) is 0 Å². The lowest BCUT2D eigenvalue weighted by atomic mass is 10.00. The summed E-state index contributed by atoms with van der Waals surface area (Å²) in [6.07, 6.45) is 2.56. The number of hydrogen-bond acceptors (Lipinski definition) is 5. The van der Waals surface area contributed by atoms with Crippen molar-refractivity contribution >= 4 is 33.5 Å². The maximum Gasteiger partial charge on any atom is 0.307 e. The van der Waals surface area contributed by atoms with Crippen LogP contribution in [0.4, 0.5) is 5.82 Å². The van der Waals surface area contributed by atoms with Gasteiger partial charge in [-0.05, 0) is 60.2 Å². The molecule has 5 aromatic rings. The van der Waals surface area contributed by atoms with Gasteiger partial charge in [0.2, 0.25) is 0 Å². The van der Waals surface area contributed by atoms with E-state index in [1.54, 1.807) is 18.3 Å². The number of pyridine rings is 1. The number of carbonyl (C=O) groups is 1. The molecule has 36 heavy (non-hydrogen) atoms. The van der Waals surface area contributed by atoms with Gasteiger partial charge in [0.1, 0.15) is 23.9 Å². The number of para-hydroxylation sites is 1. The number of nitrogens with two attached hydrogens (primary N) is 1. The highest BCUT2D eigenvalue weighted by molar-refractivity contribution is 5.95. The molecule has 5 rings (SSSR count). The van der Waals surface area contributed by atoms with Crippen LogP contribution in [0.5, 0.6) is 5.75 Å². The number of nitrogens with zero attached hydrogens (tertiary/aromatic N) is 3. The van der Waals surface area contributed by atoms with E-state index >= 15 is 0 Å². The summed E-state index contributed by atoms with van der Waals surface area (Å²) >= 11 is 0. The van der Waals surface area contributed by atoms with Crippen molar-refractivity contribution in [3.8, 4) is 16.9 Å². The number of benzene rings is 3. The Morgan fingerprint density at radius 1 is 1.06 bits per heavy atom. The van der Waals surface area contributed by atoms with Gasteiger partial charge in [-0.3, -0.25) is 9.48 Å². The Morgan fingerprint density at radius 2 is 1.81 bits per heavy atom. The minimum Gasteiger partial charge on any atom is -0.487 e. The number of hydrogen-bond donors (Lipinski definition) is 2. The Balaban J connectivity index is 1.55. The normalized spacial score (nSPS) is 12.2. The standard InChI is InChI=1S/C29H28N4O3/c1-3-18(2)33-26-11-10-21(20-9-8-19-12-13-31-29(30)23(19)14-20)15-24(26)25(32-33)17-36-27-7-5-4-6-22(27)16-28(34)35/h4-15,18H,3,16-17H2,1-2H3,(H2,30,31)(H,34,35)/t18-/m1/s1. The topological polar surface area (TPSA) is 103 Å². The lowest BCUT2D eigenvalue weighted by Crippen LogP contribution is -2.07. The maximum atomic E-state index is 11.3. The number of carboxylic acid groups (broad SMARTS) is 1. The fourth-order valence-electron chi connectivity index (χ4n) is 4.47. The van der Waals surface area contributed by atoms with E-state index in [9.17, 15) is 9.90 Å². The van der Waals surface area contributed by atoms with E-state index in [1.165, 1.54) is 0 Å². The van der Waals surface area contributed by atoms with Crippen LogP contribution < -0.4 is 10.5 Å². The molecule has 2 heterocycles. The lowest BCUT2D eigenvalue weighted by molar-refractivity contribution is -0.136. The van der Waals surface area contributed by atoms with Gasteiger partial charge in [-0.15, -0.1) is 0 Å². The Morgan fingerprint density at radius 3 is 2.58 bits per heavy atom. The van der Waals surface area contributed by atoms with Gasteiger partial charge in [0.25, 0.3) is 0 Å². The molecule has 2 aromatic heterocycles. The van der Waals surface area contributed by atoms with Crippen molar-refractivity contribution < 1.29 is 14.6 Å². The molecule has 3 aromatic carbocycles. The third-order valence-electron chi connectivity index (χ3n) is 6.60. The second-order valence-electron chi connectivity index (χ2n) is 8.98. The van der Waals surface area contributed by atoms with E-state index in [4.69, 9.17) is 15.6 Å². The smallest absolute Gasteiger partial charge is 0.307 e. The summed E-state index contributed by atoms with van der Waals surface area (Å²) in [7, 11) is 0. The van der Waals surface area contributed by atoms with E-state index in [-0.39, 0.29) is 19.1 Å². The highest BCUT2D eigenvalue weighted by atomic mass is 16.5. The van der Waals surface area contributed by atoms with Crippen LogP contribution in [-0.2, 0) is 17.8 Å². The van der Waals surface area contributed by atoms with Gasteiger partial charge in [-0.25, -0.2) is 4.98 Å². The average Bonchev–Trinajstić information content (AvgIpc) is 3.25. The van der Waals surface area contributed by atoms with Crippen molar-refractivity contribution in [2.45, 2.75) is 39.3 Å². The molecule has 0 aliphatic heterocycles. The van der Waals surface area contributed by atoms with Crippen molar-refractivity contribution in [1.82, 2.24) is 14.8 Å². The SMILES string of the molecule is CC[C@@H](C)n1nc(COc2ccccc2CC(=O)O)c2cc(-c3ccc4ccnc(N)c4c3)ccc21. The summed E-state index contributed by atoms with van der Waals surface area (Å²) in [4.78, 5) is 15.5. The average molecular weight is 481 g/mol. The fourth-order valence-corrected chi connectivity index (χ4v) is 4.47. The Bertz CT molecular complexity index is 1570. The molecule has 0 aliphatic rings. The second-order valence-corrected chi connectivity index (χ2v) is 8.98. The van der Waals surface area contributed by atoms with Crippen LogP contribution in [-0.4, -0.2) is 25.8 Å². The molecule has 0 amide bonds. The van der Waals surface area contributed by atoms with E-state index in [2.05, 4.69) is 55.2 Å². The van der Waals surface area contributed by atoms with E-state index < -0.39 is 5.97 Å². The Hall–Kier alpha value is -4.39. The first-order chi connectivity index (χ1) is 17.4. The van der Waals surface area contributed by atoms with Gasteiger partial charge < -0.3 is 15.6 Å². The number of aliphatic carboxylic acids is 1. The molecular weight excluding hydrogens is 452 g/mol. The zero-order chi connectivity index (χ0) is 25.2. The van der Waals surface area contributed by atoms with Crippen LogP contribution in [0, 0.1) is 0 Å². The summed E-state index contributed by atoms with van der Waals surface area (Å²) in [6.45, 7) is 4.51. The first kappa shape index (κ1) is 23.4. The minimum atomic E-state index is -0.895. The molecule has 1 atom stereocenters. The number of ether oxygens (including phenoxy) is 1. The van der Waals surface area contributed by atoms with Gasteiger partial charge in [0, 0.05) is 28.6 Å². The Kier molecular flexibility index (Phi) is 6.29. The zero-order valence-electron chi connectivity index (χ0n) is 20.3. The molecule has 0 saturated carbocycles. The van der Waals surface area contributed by atoms with Crippen LogP contribution in [0.15, 0.2) is 72.9 Å². The summed E-state index contributed by atoms with van der Waals surface area (Å²) in [5.41, 5.74) is 10.7. The molecule has 3 N–H and O–H groups in total. The quantitative estimate of drug-likeness (QED) is 0.282. The summed E-state index contributed by atoms with van der Waals surface area (Å²) in [6, 6.07) is 21.9. The summed E-state index contributed by atoms with van der Waals surface area (Å²) in [5.74, 6) is 0.169. The second kappa shape index (κ2) is 9.70. The lowest BCUT2D eigenvalue weighted by Gasteiger charge is -2.11. The van der Waals surface area contributed by atoms with Gasteiger partial charge in [0.05, 0.1) is 11.9 Å². The van der Waals surface area contributed by atoms with E-state index in [0.717, 1.165) is 44.9 Å². The summed E-state index contributed by atoms with van der Waals surface area (Å²) < 4.78 is 8.16. The molecule has 7 heteroatoms. The molecule has 0 unspecified atom stereocenters. The number of nitrogen functional groups attached to an aromatic ring is 1. The first-order valence-corrected chi connectivity index (χ1v) is 12.0. The predicted octanol–water partition coefficient (Wildman–Crippen LogP) is 6.01. The van der Waals surface area contributed by atoms with Gasteiger partial charge in [-0.1, -0.05) is 43.3 Å². The van der Waals surface area contributed by atoms with Crippen LogP contribution >= 0.6 is 0 Å². The maximum absolute atomic E-state index is 11.3. The third kappa shape index (κ3) is 4.47. The highest BCUT2D eigenvalue weighted by Crippen LogP contribution is 2.32. The van der Waals surface area contributed by atoms with Crippen molar-refractivity contribution in [2.24, 2.45) is 0 Å². The molecule has 0 radical (unpaired) electrons. The molecule has 182 valence electrons. The Labute approximate surface area is 209 Å². The first-order valence-electron chi connectivity index (χ1n) is 12.0. The van der Waals surface area contributed by atoms with Crippen LogP contribution in [0.25, 0.3) is 32.8 Å². The number of anilines is 1. The van der Waals surface area contributed by atoms with Crippen molar-refractivity contribution in [1.29, 1.82) is 0 Å². The third-order valence-corrected chi connectivity index (χ3v) is 6.60. The fraction of sp³-hybridized carbons (Fsp3) is 0.207. The van der Waals surface area contributed by atoms with Crippen molar-refractivity contribution in [3.05, 3.63) is 84.2 Å². The van der Waals surface area contributed by atoms with Crippen LogP contribution in [0.2, 0.25) is 0 Å². The highest BCUT2D eigenvalue weighted by Gasteiger charge is 2.17.